The number of carbonyl (C=O) groups excluding carboxylic acids is 1. The quantitative estimate of drug-likeness (QED) is 0.698. The first kappa shape index (κ1) is 17.3. The smallest absolute Gasteiger partial charge is 0.257 e. The molecule has 1 unspecified atom stereocenters. The number of aromatic hydroxyl groups is 2. The number of hydrogen-bond acceptors (Lipinski definition) is 4. The zero-order valence-electron chi connectivity index (χ0n) is 12.8. The van der Waals surface area contributed by atoms with Gasteiger partial charge in [0.15, 0.2) is 0 Å². The lowest BCUT2D eigenvalue weighted by atomic mass is 10.1. The molecular weight excluding hydrogens is 284 g/mol. The van der Waals surface area contributed by atoms with Crippen molar-refractivity contribution in [2.75, 3.05) is 0 Å². The number of pyridine rings is 1. The van der Waals surface area contributed by atoms with Crippen LogP contribution in [0, 0.1) is 0 Å². The lowest BCUT2D eigenvalue weighted by Gasteiger charge is -2.14. The summed E-state index contributed by atoms with van der Waals surface area (Å²) in [5, 5.41) is 21.5. The van der Waals surface area contributed by atoms with Gasteiger partial charge in [0.1, 0.15) is 11.5 Å². The summed E-state index contributed by atoms with van der Waals surface area (Å²) in [5.41, 5.74) is 0.320. The van der Waals surface area contributed by atoms with E-state index >= 15 is 0 Å². The molecule has 22 heavy (non-hydrogen) atoms. The summed E-state index contributed by atoms with van der Waals surface area (Å²) in [6.07, 6.45) is 1.16. The molecule has 1 aromatic carbocycles. The van der Waals surface area contributed by atoms with Gasteiger partial charge in [0.25, 0.3) is 11.5 Å². The van der Waals surface area contributed by atoms with Crippen molar-refractivity contribution in [2.24, 2.45) is 0 Å². The van der Waals surface area contributed by atoms with Crippen molar-refractivity contribution in [2.45, 2.75) is 26.8 Å². The van der Waals surface area contributed by atoms with Gasteiger partial charge < -0.3 is 20.5 Å². The Morgan fingerprint density at radius 1 is 1.18 bits per heavy atom. The molecule has 0 radical (unpaired) electrons. The van der Waals surface area contributed by atoms with Crippen LogP contribution in [0.3, 0.4) is 0 Å². The van der Waals surface area contributed by atoms with Gasteiger partial charge in [-0.25, -0.2) is 0 Å². The Hall–Kier alpha value is -2.76. The average molecular weight is 304 g/mol. The number of H-pyrrole nitrogens is 1. The number of rotatable bonds is 3. The summed E-state index contributed by atoms with van der Waals surface area (Å²) in [6, 6.07) is 7.06. The first-order valence-electron chi connectivity index (χ1n) is 6.99. The minimum atomic E-state index is -0.501. The molecule has 0 aliphatic carbocycles. The molecule has 0 saturated heterocycles. The highest BCUT2D eigenvalue weighted by Crippen LogP contribution is 2.18. The van der Waals surface area contributed by atoms with Crippen LogP contribution in [-0.4, -0.2) is 21.1 Å². The van der Waals surface area contributed by atoms with E-state index < -0.39 is 11.5 Å². The van der Waals surface area contributed by atoms with Crippen LogP contribution in [0.1, 0.15) is 42.7 Å². The first-order chi connectivity index (χ1) is 10.5. The van der Waals surface area contributed by atoms with Crippen LogP contribution in [0.25, 0.3) is 0 Å². The van der Waals surface area contributed by atoms with Crippen molar-refractivity contribution in [3.63, 3.8) is 0 Å². The van der Waals surface area contributed by atoms with Crippen LogP contribution in [0.15, 0.2) is 41.3 Å². The van der Waals surface area contributed by atoms with Crippen LogP contribution in [0.4, 0.5) is 0 Å². The molecule has 0 bridgehead atoms. The highest BCUT2D eigenvalue weighted by atomic mass is 16.3. The van der Waals surface area contributed by atoms with Crippen LogP contribution in [0.2, 0.25) is 0 Å². The van der Waals surface area contributed by atoms with Crippen LogP contribution in [0.5, 0.6) is 11.5 Å². The Labute approximate surface area is 128 Å². The molecule has 118 valence electrons. The molecule has 0 aliphatic rings. The normalized spacial score (nSPS) is 11.0. The maximum absolute atomic E-state index is 12.0. The van der Waals surface area contributed by atoms with Gasteiger partial charge in [-0.05, 0) is 24.6 Å². The number of carbonyl (C=O) groups is 1. The lowest BCUT2D eigenvalue weighted by Crippen LogP contribution is -2.27. The van der Waals surface area contributed by atoms with Gasteiger partial charge in [-0.1, -0.05) is 26.0 Å². The molecule has 1 amide bonds. The van der Waals surface area contributed by atoms with Crippen LogP contribution >= 0.6 is 0 Å². The fraction of sp³-hybridized carbons (Fsp3) is 0.250. The zero-order chi connectivity index (χ0) is 16.7. The van der Waals surface area contributed by atoms with Crippen molar-refractivity contribution < 1.29 is 15.0 Å². The molecule has 6 heteroatoms. The Balaban J connectivity index is 0.00000116. The Bertz CT molecular complexity index is 677. The predicted octanol–water partition coefficient (Wildman–Crippen LogP) is 2.30. The van der Waals surface area contributed by atoms with E-state index in [1.807, 2.05) is 13.8 Å². The lowest BCUT2D eigenvalue weighted by molar-refractivity contribution is 0.0937. The largest absolute Gasteiger partial charge is 0.508 e. The molecule has 2 aromatic rings. The van der Waals surface area contributed by atoms with Gasteiger partial charge in [-0.3, -0.25) is 9.59 Å². The van der Waals surface area contributed by atoms with Gasteiger partial charge in [-0.15, -0.1) is 0 Å². The number of hydrogen-bond donors (Lipinski definition) is 4. The topological polar surface area (TPSA) is 102 Å². The molecule has 1 heterocycles. The van der Waals surface area contributed by atoms with E-state index in [2.05, 4.69) is 10.3 Å². The van der Waals surface area contributed by atoms with Crippen molar-refractivity contribution in [1.82, 2.24) is 10.3 Å². The second-order valence-corrected chi connectivity index (χ2v) is 4.38. The summed E-state index contributed by atoms with van der Waals surface area (Å²) in [4.78, 5) is 25.3. The minimum Gasteiger partial charge on any atom is -0.508 e. The highest BCUT2D eigenvalue weighted by molar-refractivity contribution is 5.96. The van der Waals surface area contributed by atoms with Crippen molar-refractivity contribution in [1.29, 1.82) is 0 Å². The average Bonchev–Trinajstić information content (AvgIpc) is 2.49. The Morgan fingerprint density at radius 3 is 2.32 bits per heavy atom. The number of phenolic OH excluding ortho intramolecular Hbond substituents is 1. The third kappa shape index (κ3) is 4.37. The number of benzene rings is 1. The molecule has 0 fully saturated rings. The van der Waals surface area contributed by atoms with E-state index in [-0.39, 0.29) is 23.1 Å². The summed E-state index contributed by atoms with van der Waals surface area (Å²) < 4.78 is 0. The van der Waals surface area contributed by atoms with E-state index in [9.17, 15) is 19.8 Å². The van der Waals surface area contributed by atoms with Gasteiger partial charge in [0.05, 0.1) is 11.6 Å². The second kappa shape index (κ2) is 7.87. The number of phenols is 1. The van der Waals surface area contributed by atoms with Crippen molar-refractivity contribution >= 4 is 5.91 Å². The van der Waals surface area contributed by atoms with E-state index in [1.165, 1.54) is 12.1 Å². The standard InChI is InChI=1S/C14H14N2O4.C2H6/c1-8(9-2-4-10(17)5-3-9)16-14(20)11-7-15-13(19)6-12(11)18;1-2/h2-8,17H,1H3,(H,16,20)(H2,15,18,19);1-2H3. The number of aromatic nitrogens is 1. The van der Waals surface area contributed by atoms with Crippen molar-refractivity contribution in [3.05, 3.63) is 58.0 Å². The Morgan fingerprint density at radius 2 is 1.77 bits per heavy atom. The molecule has 1 atom stereocenters. The van der Waals surface area contributed by atoms with Gasteiger partial charge in [0, 0.05) is 12.3 Å². The third-order valence-electron chi connectivity index (χ3n) is 2.89. The molecule has 0 aliphatic heterocycles. The van der Waals surface area contributed by atoms with Gasteiger partial charge in [0.2, 0.25) is 0 Å². The molecule has 0 saturated carbocycles. The van der Waals surface area contributed by atoms with Crippen LogP contribution in [-0.2, 0) is 0 Å². The molecule has 0 spiro atoms. The minimum absolute atomic E-state index is 0.00442. The monoisotopic (exact) mass is 304 g/mol. The maximum Gasteiger partial charge on any atom is 0.257 e. The van der Waals surface area contributed by atoms with Crippen molar-refractivity contribution in [3.8, 4) is 11.5 Å². The van der Waals surface area contributed by atoms with Gasteiger partial charge >= 0.3 is 0 Å². The maximum atomic E-state index is 12.0. The SMILES string of the molecule is CC.CC(NC(=O)c1c[nH]c(=O)cc1O)c1ccc(O)cc1. The molecule has 4 N–H and O–H groups in total. The van der Waals surface area contributed by atoms with E-state index in [0.29, 0.717) is 0 Å². The van der Waals surface area contributed by atoms with E-state index in [0.717, 1.165) is 17.8 Å². The predicted molar refractivity (Wildman–Crippen MR) is 84.1 cm³/mol. The summed E-state index contributed by atoms with van der Waals surface area (Å²) in [5.74, 6) is -0.728. The van der Waals surface area contributed by atoms with E-state index in [1.54, 1.807) is 19.1 Å². The van der Waals surface area contributed by atoms with E-state index in [4.69, 9.17) is 0 Å². The van der Waals surface area contributed by atoms with Crippen LogP contribution < -0.4 is 10.9 Å². The second-order valence-electron chi connectivity index (χ2n) is 4.38. The summed E-state index contributed by atoms with van der Waals surface area (Å²) >= 11 is 0. The first-order valence-corrected chi connectivity index (χ1v) is 6.99. The summed E-state index contributed by atoms with van der Waals surface area (Å²) in [7, 11) is 0. The summed E-state index contributed by atoms with van der Waals surface area (Å²) in [6.45, 7) is 5.77. The Kier molecular flexibility index (Phi) is 6.19. The molecule has 6 nitrogen and oxygen atoms in total. The molecule has 1 aromatic heterocycles. The third-order valence-corrected chi connectivity index (χ3v) is 2.89. The molecular formula is C16H20N2O4. The fourth-order valence-corrected chi connectivity index (χ4v) is 1.76. The number of amides is 1. The highest BCUT2D eigenvalue weighted by Gasteiger charge is 2.15. The number of aromatic amines is 1. The fourth-order valence-electron chi connectivity index (χ4n) is 1.76. The molecule has 2 rings (SSSR count). The number of nitrogens with one attached hydrogen (secondary N) is 2. The zero-order valence-corrected chi connectivity index (χ0v) is 12.8. The van der Waals surface area contributed by atoms with Gasteiger partial charge in [-0.2, -0.15) is 0 Å².